The number of phenols is 1. The first-order valence-electron chi connectivity index (χ1n) is 13.3. The Morgan fingerprint density at radius 3 is 2.14 bits per heavy atom. The maximum Gasteiger partial charge on any atom is 0.416 e. The fourth-order valence-corrected chi connectivity index (χ4v) is 6.08. The average Bonchev–Trinajstić information content (AvgIpc) is 2.95. The van der Waals surface area contributed by atoms with E-state index in [1.54, 1.807) is 44.2 Å². The SMILES string of the molecule is COc1cc(C(=O)N[C@@H](Cc2ccccc2)[C@H](O)CN(CC(C)C)S(=O)(=O)c2ccc(C(F)(F)F)cc2)cc(O)c1OC. The van der Waals surface area contributed by atoms with Gasteiger partial charge < -0.3 is 25.0 Å². The largest absolute Gasteiger partial charge is 0.504 e. The summed E-state index contributed by atoms with van der Waals surface area (Å²) in [5.74, 6) is -1.11. The Labute approximate surface area is 248 Å². The smallest absolute Gasteiger partial charge is 0.416 e. The van der Waals surface area contributed by atoms with Crippen molar-refractivity contribution >= 4 is 15.9 Å². The van der Waals surface area contributed by atoms with Crippen LogP contribution in [0, 0.1) is 5.92 Å². The molecule has 43 heavy (non-hydrogen) atoms. The number of aliphatic hydroxyl groups is 1. The normalized spacial score (nSPS) is 13.5. The van der Waals surface area contributed by atoms with Gasteiger partial charge in [-0.1, -0.05) is 44.2 Å². The van der Waals surface area contributed by atoms with Crippen LogP contribution in [-0.4, -0.2) is 68.3 Å². The number of ether oxygens (including phenoxy) is 2. The van der Waals surface area contributed by atoms with Gasteiger partial charge in [0.05, 0.1) is 36.8 Å². The molecule has 3 rings (SSSR count). The van der Waals surface area contributed by atoms with Crippen LogP contribution in [0.4, 0.5) is 13.2 Å². The first-order valence-corrected chi connectivity index (χ1v) is 14.8. The fourth-order valence-electron chi connectivity index (χ4n) is 4.46. The van der Waals surface area contributed by atoms with Gasteiger partial charge in [-0.3, -0.25) is 4.79 Å². The number of hydrogen-bond acceptors (Lipinski definition) is 7. The minimum absolute atomic E-state index is 0.00294. The molecule has 0 saturated carbocycles. The number of nitrogens with zero attached hydrogens (tertiary/aromatic N) is 1. The van der Waals surface area contributed by atoms with Gasteiger partial charge in [0, 0.05) is 18.7 Å². The van der Waals surface area contributed by atoms with Gasteiger partial charge in [-0.2, -0.15) is 17.5 Å². The van der Waals surface area contributed by atoms with Crippen LogP contribution in [0.1, 0.15) is 35.3 Å². The van der Waals surface area contributed by atoms with E-state index in [1.165, 1.54) is 26.4 Å². The Morgan fingerprint density at radius 2 is 1.60 bits per heavy atom. The van der Waals surface area contributed by atoms with Crippen LogP contribution < -0.4 is 14.8 Å². The molecule has 0 saturated heterocycles. The predicted octanol–water partition coefficient (Wildman–Crippen LogP) is 4.48. The van der Waals surface area contributed by atoms with Crippen LogP contribution >= 0.6 is 0 Å². The molecule has 0 bridgehead atoms. The highest BCUT2D eigenvalue weighted by Gasteiger charge is 2.34. The van der Waals surface area contributed by atoms with E-state index >= 15 is 0 Å². The number of carbonyl (C=O) groups is 1. The zero-order valence-electron chi connectivity index (χ0n) is 24.1. The second-order valence-corrected chi connectivity index (χ2v) is 12.2. The number of nitrogens with one attached hydrogen (secondary N) is 1. The topological polar surface area (TPSA) is 125 Å². The Balaban J connectivity index is 1.94. The van der Waals surface area contributed by atoms with Crippen molar-refractivity contribution in [3.05, 3.63) is 83.4 Å². The summed E-state index contributed by atoms with van der Waals surface area (Å²) in [6.07, 6.45) is -5.96. The van der Waals surface area contributed by atoms with E-state index in [0.29, 0.717) is 12.1 Å². The molecular formula is C30H35F3N2O7S. The average molecular weight is 625 g/mol. The highest BCUT2D eigenvalue weighted by molar-refractivity contribution is 7.89. The lowest BCUT2D eigenvalue weighted by Crippen LogP contribution is -2.51. The van der Waals surface area contributed by atoms with E-state index in [1.807, 2.05) is 0 Å². The number of aromatic hydroxyl groups is 1. The summed E-state index contributed by atoms with van der Waals surface area (Å²) in [6.45, 7) is 3.01. The van der Waals surface area contributed by atoms with Crippen molar-refractivity contribution in [2.75, 3.05) is 27.3 Å². The van der Waals surface area contributed by atoms with E-state index in [-0.39, 0.29) is 46.6 Å². The number of hydrogen-bond donors (Lipinski definition) is 3. The number of aliphatic hydroxyl groups excluding tert-OH is 1. The molecule has 0 aromatic heterocycles. The van der Waals surface area contributed by atoms with E-state index in [2.05, 4.69) is 5.32 Å². The molecule has 3 aromatic carbocycles. The minimum atomic E-state index is -4.64. The molecule has 0 heterocycles. The predicted molar refractivity (Wildman–Crippen MR) is 154 cm³/mol. The maximum absolute atomic E-state index is 13.6. The lowest BCUT2D eigenvalue weighted by molar-refractivity contribution is -0.137. The monoisotopic (exact) mass is 624 g/mol. The van der Waals surface area contributed by atoms with Crippen molar-refractivity contribution in [1.82, 2.24) is 9.62 Å². The number of sulfonamides is 1. The summed E-state index contributed by atoms with van der Waals surface area (Å²) in [5.41, 5.74) is -0.256. The molecule has 0 unspecified atom stereocenters. The van der Waals surface area contributed by atoms with Gasteiger partial charge in [-0.05, 0) is 54.3 Å². The van der Waals surface area contributed by atoms with Crippen molar-refractivity contribution in [3.63, 3.8) is 0 Å². The van der Waals surface area contributed by atoms with Gasteiger partial charge >= 0.3 is 6.18 Å². The van der Waals surface area contributed by atoms with Crippen molar-refractivity contribution in [3.8, 4) is 17.2 Å². The third-order valence-electron chi connectivity index (χ3n) is 6.58. The van der Waals surface area contributed by atoms with Gasteiger partial charge in [0.1, 0.15) is 0 Å². The van der Waals surface area contributed by atoms with Crippen LogP contribution in [0.15, 0.2) is 71.6 Å². The van der Waals surface area contributed by atoms with Gasteiger partial charge in [0.25, 0.3) is 5.91 Å². The van der Waals surface area contributed by atoms with Crippen molar-refractivity contribution in [2.24, 2.45) is 5.92 Å². The lowest BCUT2D eigenvalue weighted by Gasteiger charge is -2.31. The van der Waals surface area contributed by atoms with E-state index < -0.39 is 46.4 Å². The Bertz CT molecular complexity index is 1480. The number of amides is 1. The third-order valence-corrected chi connectivity index (χ3v) is 8.43. The molecule has 0 aliphatic heterocycles. The molecule has 1 amide bonds. The molecule has 3 aromatic rings. The van der Waals surface area contributed by atoms with Crippen molar-refractivity contribution in [2.45, 2.75) is 43.5 Å². The van der Waals surface area contributed by atoms with Gasteiger partial charge in [0.2, 0.25) is 15.8 Å². The molecule has 2 atom stereocenters. The van der Waals surface area contributed by atoms with Gasteiger partial charge in [-0.15, -0.1) is 0 Å². The molecule has 9 nitrogen and oxygen atoms in total. The number of rotatable bonds is 13. The summed E-state index contributed by atoms with van der Waals surface area (Å²) in [6, 6.07) is 13.5. The first-order chi connectivity index (χ1) is 20.2. The highest BCUT2D eigenvalue weighted by Crippen LogP contribution is 2.37. The Kier molecular flexibility index (Phi) is 11.1. The summed E-state index contributed by atoms with van der Waals surface area (Å²) in [5, 5.41) is 24.4. The molecule has 13 heteroatoms. The fraction of sp³-hybridized carbons (Fsp3) is 0.367. The van der Waals surface area contributed by atoms with Crippen LogP contribution in [-0.2, 0) is 22.6 Å². The number of halogens is 3. The number of methoxy groups -OCH3 is 2. The molecular weight excluding hydrogens is 589 g/mol. The lowest BCUT2D eigenvalue weighted by atomic mass is 10.00. The highest BCUT2D eigenvalue weighted by atomic mass is 32.2. The second-order valence-electron chi connectivity index (χ2n) is 10.3. The third kappa shape index (κ3) is 8.62. The Hall–Kier alpha value is -3.81. The number of benzene rings is 3. The molecule has 0 radical (unpaired) electrons. The summed E-state index contributed by atoms with van der Waals surface area (Å²) in [7, 11) is -1.67. The molecule has 3 N–H and O–H groups in total. The Morgan fingerprint density at radius 1 is 0.977 bits per heavy atom. The molecule has 0 aliphatic carbocycles. The van der Waals surface area contributed by atoms with Gasteiger partial charge in [0.15, 0.2) is 11.5 Å². The first kappa shape index (κ1) is 33.7. The van der Waals surface area contributed by atoms with Gasteiger partial charge in [-0.25, -0.2) is 8.42 Å². The van der Waals surface area contributed by atoms with E-state index in [9.17, 15) is 36.6 Å². The maximum atomic E-state index is 13.6. The minimum Gasteiger partial charge on any atom is -0.504 e. The zero-order valence-corrected chi connectivity index (χ0v) is 24.9. The summed E-state index contributed by atoms with van der Waals surface area (Å²) < 4.78 is 77.6. The second kappa shape index (κ2) is 14.1. The van der Waals surface area contributed by atoms with Crippen molar-refractivity contribution in [1.29, 1.82) is 0 Å². The van der Waals surface area contributed by atoms with Crippen LogP contribution in [0.5, 0.6) is 17.2 Å². The summed E-state index contributed by atoms with van der Waals surface area (Å²) >= 11 is 0. The molecule has 234 valence electrons. The quantitative estimate of drug-likeness (QED) is 0.256. The molecule has 0 spiro atoms. The van der Waals surface area contributed by atoms with Crippen molar-refractivity contribution < 1.29 is 46.1 Å². The summed E-state index contributed by atoms with van der Waals surface area (Å²) in [4.78, 5) is 12.9. The van der Waals surface area contributed by atoms with Crippen LogP contribution in [0.3, 0.4) is 0 Å². The molecule has 0 fully saturated rings. The van der Waals surface area contributed by atoms with E-state index in [0.717, 1.165) is 22.0 Å². The van der Waals surface area contributed by atoms with Crippen LogP contribution in [0.2, 0.25) is 0 Å². The standard InChI is InChI=1S/C30H35F3N2O7S/c1-19(2)17-35(43(39,40)23-12-10-22(11-13-23)30(31,32)33)18-26(37)24(14-20-8-6-5-7-9-20)34-29(38)21-15-25(36)28(42-4)27(16-21)41-3/h5-13,15-16,19,24,26,36-37H,14,17-18H2,1-4H3,(H,34,38)/t24-,26+/m0/s1. The molecule has 0 aliphatic rings. The number of carbonyl (C=O) groups excluding carboxylic acids is 1. The number of alkyl halides is 3. The van der Waals surface area contributed by atoms with E-state index in [4.69, 9.17) is 9.47 Å². The number of phenolic OH excluding ortho intramolecular Hbond substituents is 1. The zero-order chi connectivity index (χ0) is 31.9. The van der Waals surface area contributed by atoms with Crippen LogP contribution in [0.25, 0.3) is 0 Å².